The van der Waals surface area contributed by atoms with Gasteiger partial charge in [0.25, 0.3) is 0 Å². The number of halogens is 1. The van der Waals surface area contributed by atoms with E-state index in [1.165, 1.54) is 6.33 Å². The van der Waals surface area contributed by atoms with E-state index < -0.39 is 0 Å². The topological polar surface area (TPSA) is 93.3 Å². The molecule has 33 heavy (non-hydrogen) atoms. The first kappa shape index (κ1) is 22.3. The maximum absolute atomic E-state index is 9.24. The van der Waals surface area contributed by atoms with Crippen molar-refractivity contribution in [2.24, 2.45) is 0 Å². The number of aromatic nitrogens is 3. The van der Waals surface area contributed by atoms with Crippen LogP contribution in [0.5, 0.6) is 5.75 Å². The SMILES string of the molecule is Cl.OCc1ccc(-c2cc3c(Nc4ccc(OCc5ccccc5)cc4)ncnc3cn2)o1. The molecular weight excluding hydrogens is 440 g/mol. The minimum atomic E-state index is -0.158. The van der Waals surface area contributed by atoms with E-state index in [4.69, 9.17) is 9.15 Å². The number of hydrogen-bond acceptors (Lipinski definition) is 7. The Balaban J connectivity index is 0.00000259. The number of rotatable bonds is 7. The monoisotopic (exact) mass is 460 g/mol. The van der Waals surface area contributed by atoms with Crippen molar-refractivity contribution in [3.05, 3.63) is 96.6 Å². The molecule has 5 aromatic rings. The Kier molecular flexibility index (Phi) is 6.83. The zero-order valence-electron chi connectivity index (χ0n) is 17.5. The standard InChI is InChI=1S/C25H20N4O3.ClH/c30-14-20-10-11-24(32-20)22-12-21-23(13-26-22)27-16-28-25(21)29-18-6-8-19(9-7-18)31-15-17-4-2-1-3-5-17;/h1-13,16,30H,14-15H2,(H,27,28,29);1H. The van der Waals surface area contributed by atoms with Crippen molar-refractivity contribution in [1.29, 1.82) is 0 Å². The Labute approximate surface area is 196 Å². The van der Waals surface area contributed by atoms with E-state index in [0.29, 0.717) is 35.2 Å². The molecule has 0 atom stereocenters. The predicted octanol–water partition coefficient (Wildman–Crippen LogP) is 5.52. The molecule has 166 valence electrons. The van der Waals surface area contributed by atoms with Crippen LogP contribution in [0.1, 0.15) is 11.3 Å². The highest BCUT2D eigenvalue weighted by Crippen LogP contribution is 2.28. The Bertz CT molecular complexity index is 1340. The van der Waals surface area contributed by atoms with E-state index in [0.717, 1.165) is 22.4 Å². The number of nitrogens with one attached hydrogen (secondary N) is 1. The first-order chi connectivity index (χ1) is 15.8. The summed E-state index contributed by atoms with van der Waals surface area (Å²) in [6.07, 6.45) is 3.18. The first-order valence-corrected chi connectivity index (χ1v) is 10.1. The van der Waals surface area contributed by atoms with Crippen molar-refractivity contribution in [3.63, 3.8) is 0 Å². The molecule has 3 aromatic heterocycles. The summed E-state index contributed by atoms with van der Waals surface area (Å²) in [5, 5.41) is 13.4. The number of aliphatic hydroxyl groups excluding tert-OH is 1. The maximum Gasteiger partial charge on any atom is 0.152 e. The van der Waals surface area contributed by atoms with Crippen LogP contribution in [0.2, 0.25) is 0 Å². The lowest BCUT2D eigenvalue weighted by Crippen LogP contribution is -1.98. The van der Waals surface area contributed by atoms with Crippen LogP contribution >= 0.6 is 12.4 Å². The number of furan rings is 1. The third-order valence-electron chi connectivity index (χ3n) is 4.96. The van der Waals surface area contributed by atoms with Gasteiger partial charge in [-0.3, -0.25) is 4.98 Å². The molecule has 0 saturated heterocycles. The zero-order chi connectivity index (χ0) is 21.8. The summed E-state index contributed by atoms with van der Waals surface area (Å²) in [4.78, 5) is 13.1. The number of pyridine rings is 1. The van der Waals surface area contributed by atoms with Gasteiger partial charge in [0, 0.05) is 11.1 Å². The highest BCUT2D eigenvalue weighted by Gasteiger charge is 2.11. The van der Waals surface area contributed by atoms with Crippen LogP contribution in [0.4, 0.5) is 11.5 Å². The van der Waals surface area contributed by atoms with Gasteiger partial charge in [0.1, 0.15) is 42.6 Å². The summed E-state index contributed by atoms with van der Waals surface area (Å²) < 4.78 is 11.5. The third-order valence-corrected chi connectivity index (χ3v) is 4.96. The second-order valence-electron chi connectivity index (χ2n) is 7.16. The molecule has 3 heterocycles. The lowest BCUT2D eigenvalue weighted by Gasteiger charge is -2.10. The van der Waals surface area contributed by atoms with Crippen molar-refractivity contribution in [2.75, 3.05) is 5.32 Å². The lowest BCUT2D eigenvalue weighted by atomic mass is 10.2. The number of nitrogens with zero attached hydrogens (tertiary/aromatic N) is 3. The lowest BCUT2D eigenvalue weighted by molar-refractivity contribution is 0.248. The Morgan fingerprint density at radius 1 is 0.909 bits per heavy atom. The van der Waals surface area contributed by atoms with Crippen molar-refractivity contribution in [2.45, 2.75) is 13.2 Å². The summed E-state index contributed by atoms with van der Waals surface area (Å²) in [5.41, 5.74) is 3.34. The van der Waals surface area contributed by atoms with E-state index in [1.807, 2.05) is 60.7 Å². The predicted molar refractivity (Wildman–Crippen MR) is 129 cm³/mol. The highest BCUT2D eigenvalue weighted by molar-refractivity contribution is 5.92. The fraction of sp³-hybridized carbons (Fsp3) is 0.0800. The third kappa shape index (κ3) is 5.11. The van der Waals surface area contributed by atoms with Gasteiger partial charge in [0.2, 0.25) is 0 Å². The van der Waals surface area contributed by atoms with E-state index >= 15 is 0 Å². The van der Waals surface area contributed by atoms with Gasteiger partial charge in [-0.25, -0.2) is 9.97 Å². The normalized spacial score (nSPS) is 10.6. The molecule has 5 rings (SSSR count). The molecule has 0 bridgehead atoms. The van der Waals surface area contributed by atoms with Gasteiger partial charge in [-0.05, 0) is 48.0 Å². The summed E-state index contributed by atoms with van der Waals surface area (Å²) >= 11 is 0. The van der Waals surface area contributed by atoms with Crippen molar-refractivity contribution in [1.82, 2.24) is 15.0 Å². The molecule has 0 aliphatic rings. The van der Waals surface area contributed by atoms with Crippen LogP contribution in [0.25, 0.3) is 22.4 Å². The van der Waals surface area contributed by atoms with Crippen molar-refractivity contribution in [3.8, 4) is 17.2 Å². The smallest absolute Gasteiger partial charge is 0.152 e. The molecular formula is C25H21ClN4O3. The van der Waals surface area contributed by atoms with Crippen molar-refractivity contribution >= 4 is 34.8 Å². The number of anilines is 2. The van der Waals surface area contributed by atoms with Crippen LogP contribution in [-0.4, -0.2) is 20.1 Å². The molecule has 0 spiro atoms. The largest absolute Gasteiger partial charge is 0.489 e. The molecule has 0 radical (unpaired) electrons. The van der Waals surface area contributed by atoms with Crippen LogP contribution in [0, 0.1) is 0 Å². The minimum absolute atomic E-state index is 0. The number of aliphatic hydroxyl groups is 1. The van der Waals surface area contributed by atoms with E-state index in [2.05, 4.69) is 20.3 Å². The maximum atomic E-state index is 9.24. The molecule has 2 N–H and O–H groups in total. The molecule has 7 nitrogen and oxygen atoms in total. The Hall–Kier alpha value is -3.94. The van der Waals surface area contributed by atoms with E-state index in [1.54, 1.807) is 18.3 Å². The molecule has 0 amide bonds. The van der Waals surface area contributed by atoms with Crippen LogP contribution < -0.4 is 10.1 Å². The van der Waals surface area contributed by atoms with Gasteiger partial charge in [0.05, 0.1) is 11.7 Å². The summed E-state index contributed by atoms with van der Waals surface area (Å²) in [7, 11) is 0. The molecule has 0 saturated carbocycles. The molecule has 0 fully saturated rings. The van der Waals surface area contributed by atoms with Crippen LogP contribution in [-0.2, 0) is 13.2 Å². The average molecular weight is 461 g/mol. The fourth-order valence-corrected chi connectivity index (χ4v) is 3.31. The zero-order valence-corrected chi connectivity index (χ0v) is 18.3. The van der Waals surface area contributed by atoms with E-state index in [-0.39, 0.29) is 19.0 Å². The molecule has 8 heteroatoms. The van der Waals surface area contributed by atoms with Crippen LogP contribution in [0.15, 0.2) is 89.7 Å². The molecule has 2 aromatic carbocycles. The summed E-state index contributed by atoms with van der Waals surface area (Å²) in [6, 6.07) is 23.1. The number of ether oxygens (including phenoxy) is 1. The number of benzene rings is 2. The Morgan fingerprint density at radius 2 is 1.73 bits per heavy atom. The second-order valence-corrected chi connectivity index (χ2v) is 7.16. The highest BCUT2D eigenvalue weighted by atomic mass is 35.5. The number of fused-ring (bicyclic) bond motifs is 1. The van der Waals surface area contributed by atoms with Crippen molar-refractivity contribution < 1.29 is 14.3 Å². The molecule has 0 aliphatic carbocycles. The average Bonchev–Trinajstić information content (AvgIpc) is 3.34. The van der Waals surface area contributed by atoms with Gasteiger partial charge in [0.15, 0.2) is 5.76 Å². The minimum Gasteiger partial charge on any atom is -0.489 e. The fourth-order valence-electron chi connectivity index (χ4n) is 3.31. The molecule has 0 unspecified atom stereocenters. The first-order valence-electron chi connectivity index (χ1n) is 10.1. The van der Waals surface area contributed by atoms with Gasteiger partial charge < -0.3 is 19.6 Å². The summed E-state index contributed by atoms with van der Waals surface area (Å²) in [5.74, 6) is 2.51. The van der Waals surface area contributed by atoms with Gasteiger partial charge in [-0.2, -0.15) is 0 Å². The molecule has 0 aliphatic heterocycles. The summed E-state index contributed by atoms with van der Waals surface area (Å²) in [6.45, 7) is 0.360. The second kappa shape index (κ2) is 10.1. The quantitative estimate of drug-likeness (QED) is 0.330. The Morgan fingerprint density at radius 3 is 2.48 bits per heavy atom. The van der Waals surface area contributed by atoms with Gasteiger partial charge in [-0.1, -0.05) is 30.3 Å². The van der Waals surface area contributed by atoms with Gasteiger partial charge in [-0.15, -0.1) is 12.4 Å². The van der Waals surface area contributed by atoms with Gasteiger partial charge >= 0.3 is 0 Å². The number of hydrogen-bond donors (Lipinski definition) is 2. The van der Waals surface area contributed by atoms with E-state index in [9.17, 15) is 5.11 Å². The van der Waals surface area contributed by atoms with Crippen LogP contribution in [0.3, 0.4) is 0 Å².